The number of carbonyl (C=O) groups is 2. The summed E-state index contributed by atoms with van der Waals surface area (Å²) >= 11 is 0. The number of aromatic amines is 1. The normalized spacial score (nSPS) is 14.2. The molecule has 0 aliphatic heterocycles. The third kappa shape index (κ3) is 4.43. The zero-order chi connectivity index (χ0) is 17.0. The first-order valence-electron chi connectivity index (χ1n) is 8.14. The maximum absolute atomic E-state index is 12.7. The van der Waals surface area contributed by atoms with Gasteiger partial charge in [-0.15, -0.1) is 0 Å². The molecule has 0 saturated heterocycles. The molecule has 126 valence electrons. The third-order valence-electron chi connectivity index (χ3n) is 4.02. The predicted octanol–water partition coefficient (Wildman–Crippen LogP) is 1.83. The van der Waals surface area contributed by atoms with Gasteiger partial charge in [-0.05, 0) is 43.2 Å². The Hall–Kier alpha value is -2.11. The van der Waals surface area contributed by atoms with Crippen LogP contribution in [0, 0.1) is 5.92 Å². The van der Waals surface area contributed by atoms with Crippen LogP contribution in [0.2, 0.25) is 0 Å². The highest BCUT2D eigenvalue weighted by molar-refractivity contribution is 5.95. The second-order valence-electron chi connectivity index (χ2n) is 6.55. The molecule has 0 radical (unpaired) electrons. The summed E-state index contributed by atoms with van der Waals surface area (Å²) in [4.78, 5) is 40.0. The smallest absolute Gasteiger partial charge is 0.323 e. The monoisotopic (exact) mass is 320 g/mol. The number of aromatic nitrogens is 1. The molecule has 6 nitrogen and oxygen atoms in total. The fourth-order valence-corrected chi connectivity index (χ4v) is 3.00. The van der Waals surface area contributed by atoms with E-state index in [4.69, 9.17) is 5.11 Å². The SMILES string of the molecule is CC(C)CN(CC(=O)O)C(=O)c1cc2c([nH]c1=O)CCCCC2. The highest BCUT2D eigenvalue weighted by atomic mass is 16.4. The van der Waals surface area contributed by atoms with Gasteiger partial charge < -0.3 is 15.0 Å². The molecule has 1 aliphatic carbocycles. The largest absolute Gasteiger partial charge is 0.480 e. The number of nitrogens with one attached hydrogen (secondary N) is 1. The van der Waals surface area contributed by atoms with Crippen molar-refractivity contribution in [3.8, 4) is 0 Å². The van der Waals surface area contributed by atoms with Gasteiger partial charge in [-0.1, -0.05) is 20.3 Å². The van der Waals surface area contributed by atoms with Gasteiger partial charge in [-0.2, -0.15) is 0 Å². The average molecular weight is 320 g/mol. The molecule has 1 aromatic rings. The highest BCUT2D eigenvalue weighted by Gasteiger charge is 2.23. The quantitative estimate of drug-likeness (QED) is 0.810. The molecule has 0 spiro atoms. The number of carbonyl (C=O) groups excluding carboxylic acids is 1. The summed E-state index contributed by atoms with van der Waals surface area (Å²) in [6.45, 7) is 3.72. The van der Waals surface area contributed by atoms with Crippen LogP contribution in [0.25, 0.3) is 0 Å². The molecule has 23 heavy (non-hydrogen) atoms. The number of amides is 1. The molecule has 1 aromatic heterocycles. The van der Waals surface area contributed by atoms with Crippen LogP contribution in [-0.2, 0) is 17.6 Å². The second-order valence-corrected chi connectivity index (χ2v) is 6.55. The standard InChI is InChI=1S/C17H24N2O4/c1-11(2)9-19(10-15(20)21)17(23)13-8-12-6-4-3-5-7-14(12)18-16(13)22/h8,11H,3-7,9-10H2,1-2H3,(H,18,22)(H,20,21). The van der Waals surface area contributed by atoms with E-state index in [-0.39, 0.29) is 11.5 Å². The van der Waals surface area contributed by atoms with E-state index in [2.05, 4.69) is 4.98 Å². The number of aliphatic carboxylic acids is 1. The van der Waals surface area contributed by atoms with Crippen molar-refractivity contribution in [3.05, 3.63) is 33.2 Å². The minimum absolute atomic E-state index is 0.0487. The number of pyridine rings is 1. The Morgan fingerprint density at radius 2 is 1.96 bits per heavy atom. The number of hydrogen-bond acceptors (Lipinski definition) is 3. The first kappa shape index (κ1) is 17.2. The molecule has 2 N–H and O–H groups in total. The van der Waals surface area contributed by atoms with Crippen molar-refractivity contribution in [2.24, 2.45) is 5.92 Å². The van der Waals surface area contributed by atoms with Gasteiger partial charge in [0.1, 0.15) is 12.1 Å². The van der Waals surface area contributed by atoms with E-state index in [0.29, 0.717) is 6.54 Å². The number of aryl methyl sites for hydroxylation is 2. The molecule has 2 rings (SSSR count). The number of carboxylic acid groups (broad SMARTS) is 1. The van der Waals surface area contributed by atoms with E-state index in [1.807, 2.05) is 13.8 Å². The minimum Gasteiger partial charge on any atom is -0.480 e. The Balaban J connectivity index is 2.34. The molecule has 0 aromatic carbocycles. The molecule has 0 fully saturated rings. The summed E-state index contributed by atoms with van der Waals surface area (Å²) in [7, 11) is 0. The van der Waals surface area contributed by atoms with Crippen molar-refractivity contribution in [1.82, 2.24) is 9.88 Å². The van der Waals surface area contributed by atoms with Crippen LogP contribution >= 0.6 is 0 Å². The Bertz CT molecular complexity index is 648. The van der Waals surface area contributed by atoms with Gasteiger partial charge in [0.25, 0.3) is 11.5 Å². The fraction of sp³-hybridized carbons (Fsp3) is 0.588. The van der Waals surface area contributed by atoms with Crippen molar-refractivity contribution in [3.63, 3.8) is 0 Å². The van der Waals surface area contributed by atoms with E-state index in [0.717, 1.165) is 43.4 Å². The van der Waals surface area contributed by atoms with Gasteiger partial charge in [-0.3, -0.25) is 14.4 Å². The molecule has 1 amide bonds. The van der Waals surface area contributed by atoms with Crippen LogP contribution in [0.3, 0.4) is 0 Å². The van der Waals surface area contributed by atoms with Crippen molar-refractivity contribution >= 4 is 11.9 Å². The Morgan fingerprint density at radius 1 is 1.26 bits per heavy atom. The maximum atomic E-state index is 12.7. The molecule has 0 unspecified atom stereocenters. The number of nitrogens with zero attached hydrogens (tertiary/aromatic N) is 1. The fourth-order valence-electron chi connectivity index (χ4n) is 3.00. The summed E-state index contributed by atoms with van der Waals surface area (Å²) in [5, 5.41) is 9.01. The first-order chi connectivity index (χ1) is 10.9. The highest BCUT2D eigenvalue weighted by Crippen LogP contribution is 2.19. The van der Waals surface area contributed by atoms with E-state index in [1.54, 1.807) is 6.07 Å². The lowest BCUT2D eigenvalue weighted by Crippen LogP contribution is -2.40. The number of hydrogen-bond donors (Lipinski definition) is 2. The zero-order valence-corrected chi connectivity index (χ0v) is 13.7. The van der Waals surface area contributed by atoms with Crippen LogP contribution in [0.1, 0.15) is 54.7 Å². The number of rotatable bonds is 5. The Kier molecular flexibility index (Phi) is 5.58. The van der Waals surface area contributed by atoms with Gasteiger partial charge >= 0.3 is 5.97 Å². The van der Waals surface area contributed by atoms with Crippen LogP contribution < -0.4 is 5.56 Å². The van der Waals surface area contributed by atoms with Gasteiger partial charge in [0.05, 0.1) is 0 Å². The van der Waals surface area contributed by atoms with Crippen LogP contribution in [0.5, 0.6) is 0 Å². The van der Waals surface area contributed by atoms with Gasteiger partial charge in [0.2, 0.25) is 0 Å². The number of carboxylic acids is 1. The van der Waals surface area contributed by atoms with Gasteiger partial charge in [0, 0.05) is 12.2 Å². The van der Waals surface area contributed by atoms with Gasteiger partial charge in [-0.25, -0.2) is 0 Å². The molecule has 0 saturated carbocycles. The maximum Gasteiger partial charge on any atom is 0.323 e. The van der Waals surface area contributed by atoms with Crippen LogP contribution in [0.4, 0.5) is 0 Å². The van der Waals surface area contributed by atoms with E-state index in [1.165, 1.54) is 4.90 Å². The Labute approximate surface area is 135 Å². The number of fused-ring (bicyclic) bond motifs is 1. The minimum atomic E-state index is -1.08. The van der Waals surface area contributed by atoms with Crippen LogP contribution in [0.15, 0.2) is 10.9 Å². The van der Waals surface area contributed by atoms with Crippen LogP contribution in [-0.4, -0.2) is 40.0 Å². The molecule has 0 atom stereocenters. The van der Waals surface area contributed by atoms with Crippen molar-refractivity contribution in [1.29, 1.82) is 0 Å². The second kappa shape index (κ2) is 7.44. The predicted molar refractivity (Wildman–Crippen MR) is 86.7 cm³/mol. The summed E-state index contributed by atoms with van der Waals surface area (Å²) in [6, 6.07) is 1.66. The number of H-pyrrole nitrogens is 1. The molecular formula is C17H24N2O4. The van der Waals surface area contributed by atoms with Crippen molar-refractivity contribution in [2.45, 2.75) is 46.0 Å². The van der Waals surface area contributed by atoms with Crippen molar-refractivity contribution < 1.29 is 14.7 Å². The zero-order valence-electron chi connectivity index (χ0n) is 13.7. The first-order valence-corrected chi connectivity index (χ1v) is 8.14. The van der Waals surface area contributed by atoms with Crippen molar-refractivity contribution in [2.75, 3.05) is 13.1 Å². The molecule has 0 bridgehead atoms. The lowest BCUT2D eigenvalue weighted by Gasteiger charge is -2.22. The topological polar surface area (TPSA) is 90.5 Å². The molecular weight excluding hydrogens is 296 g/mol. The van der Waals surface area contributed by atoms with E-state index in [9.17, 15) is 14.4 Å². The average Bonchev–Trinajstić information content (AvgIpc) is 2.68. The third-order valence-corrected chi connectivity index (χ3v) is 4.02. The summed E-state index contributed by atoms with van der Waals surface area (Å²) in [5.74, 6) is -1.46. The van der Waals surface area contributed by atoms with Gasteiger partial charge in [0.15, 0.2) is 0 Å². The molecule has 1 aliphatic rings. The lowest BCUT2D eigenvalue weighted by molar-refractivity contribution is -0.137. The lowest BCUT2D eigenvalue weighted by atomic mass is 10.1. The molecule has 6 heteroatoms. The molecule has 1 heterocycles. The summed E-state index contributed by atoms with van der Waals surface area (Å²) in [6.07, 6.45) is 4.85. The summed E-state index contributed by atoms with van der Waals surface area (Å²) < 4.78 is 0. The summed E-state index contributed by atoms with van der Waals surface area (Å²) in [5.41, 5.74) is 1.55. The van der Waals surface area contributed by atoms with E-state index >= 15 is 0 Å². The Morgan fingerprint density at radius 3 is 2.61 bits per heavy atom. The van der Waals surface area contributed by atoms with E-state index < -0.39 is 24.0 Å².